The Bertz CT molecular complexity index is 87.3. The van der Waals surface area contributed by atoms with Gasteiger partial charge in [-0.05, 0) is 18.3 Å². The van der Waals surface area contributed by atoms with Crippen LogP contribution in [0.3, 0.4) is 0 Å². The van der Waals surface area contributed by atoms with Gasteiger partial charge in [-0.15, -0.1) is 0 Å². The van der Waals surface area contributed by atoms with E-state index < -0.39 is 0 Å². The maximum absolute atomic E-state index is 1.64. The van der Waals surface area contributed by atoms with Crippen molar-refractivity contribution in [2.45, 2.75) is 50.5 Å². The SMILES string of the molecule is [SiH3][SiH2][SiH2]C1CCCCCCC1. The van der Waals surface area contributed by atoms with Crippen molar-refractivity contribution in [3.8, 4) is 0 Å². The summed E-state index contributed by atoms with van der Waals surface area (Å²) < 4.78 is 0. The van der Waals surface area contributed by atoms with Gasteiger partial charge in [-0.3, -0.25) is 0 Å². The van der Waals surface area contributed by atoms with Gasteiger partial charge in [-0.1, -0.05) is 50.5 Å². The lowest BCUT2D eigenvalue weighted by molar-refractivity contribution is 0.503. The lowest BCUT2D eigenvalue weighted by Crippen LogP contribution is -2.13. The zero-order chi connectivity index (χ0) is 7.94. The molecule has 3 heteroatoms. The molecule has 0 amide bonds. The molecule has 1 fully saturated rings. The molecule has 0 aromatic rings. The smallest absolute Gasteiger partial charge is 0.00842 e. The summed E-state index contributed by atoms with van der Waals surface area (Å²) in [5.41, 5.74) is 1.32. The van der Waals surface area contributed by atoms with Crippen LogP contribution in [0.2, 0.25) is 5.54 Å². The van der Waals surface area contributed by atoms with E-state index in [1.165, 1.54) is 12.0 Å². The van der Waals surface area contributed by atoms with Gasteiger partial charge in [0.2, 0.25) is 0 Å². The molecular formula is C8H22Si3. The summed E-state index contributed by atoms with van der Waals surface area (Å²) in [6.07, 6.45) is 11.1. The number of hydrogen-bond donors (Lipinski definition) is 0. The molecule has 11 heavy (non-hydrogen) atoms. The van der Waals surface area contributed by atoms with Gasteiger partial charge in [0.15, 0.2) is 0 Å². The minimum atomic E-state index is 0.539. The van der Waals surface area contributed by atoms with Crippen molar-refractivity contribution in [3.05, 3.63) is 0 Å². The Morgan fingerprint density at radius 1 is 0.909 bits per heavy atom. The monoisotopic (exact) mass is 202 g/mol. The molecule has 0 aromatic carbocycles. The van der Waals surface area contributed by atoms with Gasteiger partial charge in [-0.2, -0.15) is 0 Å². The first kappa shape index (κ1) is 9.74. The van der Waals surface area contributed by atoms with Crippen LogP contribution in [0.15, 0.2) is 0 Å². The van der Waals surface area contributed by atoms with Crippen molar-refractivity contribution in [1.82, 2.24) is 0 Å². The van der Waals surface area contributed by atoms with E-state index in [2.05, 4.69) is 0 Å². The van der Waals surface area contributed by atoms with Gasteiger partial charge in [0.05, 0.1) is 0 Å². The molecule has 0 aromatic heterocycles. The fraction of sp³-hybridized carbons (Fsp3) is 1.00. The highest BCUT2D eigenvalue weighted by Crippen LogP contribution is 2.25. The Balaban J connectivity index is 2.15. The lowest BCUT2D eigenvalue weighted by atomic mass is 10.0. The quantitative estimate of drug-likeness (QED) is 0.555. The second-order valence-electron chi connectivity index (χ2n) is 4.00. The molecule has 0 unspecified atom stereocenters. The van der Waals surface area contributed by atoms with Crippen LogP contribution in [0.4, 0.5) is 0 Å². The van der Waals surface area contributed by atoms with Crippen LogP contribution in [0.25, 0.3) is 0 Å². The molecule has 0 bridgehead atoms. The molecule has 0 atom stereocenters. The van der Waals surface area contributed by atoms with Crippen LogP contribution in [0, 0.1) is 0 Å². The molecule has 0 N–H and O–H groups in total. The molecule has 0 nitrogen and oxygen atoms in total. The van der Waals surface area contributed by atoms with Crippen LogP contribution in [0.5, 0.6) is 0 Å². The topological polar surface area (TPSA) is 0 Å². The summed E-state index contributed by atoms with van der Waals surface area (Å²) in [7, 11) is 2.78. The summed E-state index contributed by atoms with van der Waals surface area (Å²) in [4.78, 5) is 0. The molecule has 0 aliphatic heterocycles. The van der Waals surface area contributed by atoms with Gasteiger partial charge in [0.25, 0.3) is 0 Å². The second kappa shape index (κ2) is 6.20. The highest BCUT2D eigenvalue weighted by Gasteiger charge is 2.09. The normalized spacial score (nSPS) is 25.1. The summed E-state index contributed by atoms with van der Waals surface area (Å²) in [6, 6.07) is 0. The summed E-state index contributed by atoms with van der Waals surface area (Å²) in [6.45, 7) is 0. The third-order valence-electron chi connectivity index (χ3n) is 2.92. The zero-order valence-corrected chi connectivity index (χ0v) is 12.8. The highest BCUT2D eigenvalue weighted by molar-refractivity contribution is 7.24. The first-order valence-corrected chi connectivity index (χ1v) is 15.9. The molecule has 1 rings (SSSR count). The molecule has 0 saturated heterocycles. The van der Waals surface area contributed by atoms with E-state index in [0.717, 1.165) is 0 Å². The maximum Gasteiger partial charge on any atom is 0.00842 e. The van der Waals surface area contributed by atoms with Crippen molar-refractivity contribution < 1.29 is 0 Å². The summed E-state index contributed by atoms with van der Waals surface area (Å²) in [5, 5.41) is 0. The summed E-state index contributed by atoms with van der Waals surface area (Å²) in [5.74, 6) is 0. The van der Waals surface area contributed by atoms with Gasteiger partial charge in [0.1, 0.15) is 0 Å². The fourth-order valence-electron chi connectivity index (χ4n) is 2.24. The van der Waals surface area contributed by atoms with Gasteiger partial charge in [-0.25, -0.2) is 0 Å². The Morgan fingerprint density at radius 2 is 1.45 bits per heavy atom. The average molecular weight is 203 g/mol. The number of rotatable bonds is 2. The molecule has 1 aliphatic rings. The van der Waals surface area contributed by atoms with E-state index in [1.807, 2.05) is 0 Å². The Labute approximate surface area is 78.2 Å². The maximum atomic E-state index is 1.64. The lowest BCUT2D eigenvalue weighted by Gasteiger charge is -2.17. The first-order chi connectivity index (χ1) is 5.43. The molecule has 66 valence electrons. The molecule has 1 aliphatic carbocycles. The van der Waals surface area contributed by atoms with Crippen molar-refractivity contribution in [3.63, 3.8) is 0 Å². The Morgan fingerprint density at radius 3 is 2.00 bits per heavy atom. The first-order valence-electron chi connectivity index (χ1n) is 5.43. The Kier molecular flexibility index (Phi) is 5.49. The van der Waals surface area contributed by atoms with Crippen molar-refractivity contribution in [2.75, 3.05) is 0 Å². The third kappa shape index (κ3) is 4.28. The molecule has 0 heterocycles. The third-order valence-corrected chi connectivity index (χ3v) is 14.5. The van der Waals surface area contributed by atoms with E-state index in [1.54, 1.807) is 48.3 Å². The van der Waals surface area contributed by atoms with Crippen LogP contribution < -0.4 is 0 Å². The van der Waals surface area contributed by atoms with Crippen molar-refractivity contribution in [1.29, 1.82) is 0 Å². The minimum Gasteiger partial charge on any atom is -0.0542 e. The molecule has 0 spiro atoms. The van der Waals surface area contributed by atoms with E-state index in [-0.39, 0.29) is 0 Å². The second-order valence-corrected chi connectivity index (χ2v) is 20.5. The minimum absolute atomic E-state index is 0.539. The highest BCUT2D eigenvalue weighted by atomic mass is 29.5. The van der Waals surface area contributed by atoms with Crippen molar-refractivity contribution >= 4 is 27.4 Å². The zero-order valence-electron chi connectivity index (χ0n) is 7.94. The fourth-order valence-corrected chi connectivity index (χ4v) is 15.7. The molecular weight excluding hydrogens is 180 g/mol. The number of hydrogen-bond acceptors (Lipinski definition) is 0. The standard InChI is InChI=1S/C8H22Si3/c9-11-10-8-6-4-2-1-3-5-7-8/h8H,1-7,10-11H2,9H3. The van der Waals surface area contributed by atoms with E-state index in [0.29, 0.717) is 17.6 Å². The van der Waals surface area contributed by atoms with E-state index in [9.17, 15) is 0 Å². The van der Waals surface area contributed by atoms with Gasteiger partial charge < -0.3 is 0 Å². The largest absolute Gasteiger partial charge is 0.0542 e. The summed E-state index contributed by atoms with van der Waals surface area (Å²) >= 11 is 0. The Hall–Kier alpha value is 0.651. The van der Waals surface area contributed by atoms with E-state index >= 15 is 0 Å². The van der Waals surface area contributed by atoms with Crippen molar-refractivity contribution in [2.24, 2.45) is 0 Å². The van der Waals surface area contributed by atoms with Gasteiger partial charge in [0, 0.05) is 9.04 Å². The van der Waals surface area contributed by atoms with Crippen LogP contribution >= 0.6 is 0 Å². The van der Waals surface area contributed by atoms with Crippen LogP contribution in [-0.4, -0.2) is 27.4 Å². The molecule has 0 radical (unpaired) electrons. The van der Waals surface area contributed by atoms with E-state index in [4.69, 9.17) is 0 Å². The van der Waals surface area contributed by atoms with Crippen LogP contribution in [0.1, 0.15) is 44.9 Å². The van der Waals surface area contributed by atoms with Gasteiger partial charge >= 0.3 is 0 Å². The predicted octanol–water partition coefficient (Wildman–Crippen LogP) is 0.0522. The molecule has 1 saturated carbocycles. The van der Waals surface area contributed by atoms with Crippen LogP contribution in [-0.2, 0) is 0 Å². The predicted molar refractivity (Wildman–Crippen MR) is 63.1 cm³/mol. The average Bonchev–Trinajstić information content (AvgIpc) is 1.94.